The van der Waals surface area contributed by atoms with Crippen LogP contribution < -0.4 is 10.1 Å². The van der Waals surface area contributed by atoms with Gasteiger partial charge in [-0.25, -0.2) is 0 Å². The molecule has 0 fully saturated rings. The average molecular weight is 289 g/mol. The van der Waals surface area contributed by atoms with Gasteiger partial charge in [-0.05, 0) is 37.5 Å². The zero-order valence-electron chi connectivity index (χ0n) is 12.1. The normalized spacial score (nSPS) is 14.9. The number of halogens is 3. The van der Waals surface area contributed by atoms with Crippen LogP contribution in [0.2, 0.25) is 0 Å². The van der Waals surface area contributed by atoms with E-state index in [4.69, 9.17) is 0 Å². The summed E-state index contributed by atoms with van der Waals surface area (Å²) in [6.07, 6.45) is -1.40. The van der Waals surface area contributed by atoms with Gasteiger partial charge in [-0.1, -0.05) is 32.4 Å². The van der Waals surface area contributed by atoms with Gasteiger partial charge in [0, 0.05) is 12.1 Å². The fourth-order valence-electron chi connectivity index (χ4n) is 2.16. The minimum atomic E-state index is -4.64. The Morgan fingerprint density at radius 3 is 2.20 bits per heavy atom. The topological polar surface area (TPSA) is 21.3 Å². The molecule has 1 rings (SSSR count). The fourth-order valence-corrected chi connectivity index (χ4v) is 2.16. The van der Waals surface area contributed by atoms with Crippen LogP contribution in [0.4, 0.5) is 13.2 Å². The maximum Gasteiger partial charge on any atom is 0.573 e. The molecule has 1 aromatic carbocycles. The van der Waals surface area contributed by atoms with E-state index in [1.165, 1.54) is 12.1 Å². The van der Waals surface area contributed by atoms with Crippen molar-refractivity contribution in [1.29, 1.82) is 0 Å². The quantitative estimate of drug-likeness (QED) is 0.777. The summed E-state index contributed by atoms with van der Waals surface area (Å²) in [6, 6.07) is 6.56. The third-order valence-corrected chi connectivity index (χ3v) is 3.23. The molecular weight excluding hydrogens is 267 g/mol. The van der Waals surface area contributed by atoms with Crippen LogP contribution in [0, 0.1) is 0 Å². The highest BCUT2D eigenvalue weighted by molar-refractivity contribution is 5.29. The number of nitrogens with one attached hydrogen (secondary N) is 1. The Bertz CT molecular complexity index is 389. The fraction of sp³-hybridized carbons (Fsp3) is 0.600. The van der Waals surface area contributed by atoms with Crippen molar-refractivity contribution in [3.8, 4) is 5.75 Å². The van der Waals surface area contributed by atoms with Crippen molar-refractivity contribution in [2.24, 2.45) is 0 Å². The van der Waals surface area contributed by atoms with Crippen molar-refractivity contribution in [3.05, 3.63) is 29.8 Å². The van der Waals surface area contributed by atoms with Gasteiger partial charge in [0.25, 0.3) is 0 Å². The second-order valence-electron chi connectivity index (χ2n) is 4.90. The molecular formula is C15H22F3NO. The van der Waals surface area contributed by atoms with Crippen LogP contribution in [0.1, 0.15) is 51.6 Å². The van der Waals surface area contributed by atoms with Gasteiger partial charge in [0.15, 0.2) is 0 Å². The summed E-state index contributed by atoms with van der Waals surface area (Å²) in [5.74, 6) is -0.186. The molecule has 5 heteroatoms. The molecule has 0 heterocycles. The molecule has 0 aromatic heterocycles. The maximum atomic E-state index is 12.1. The molecule has 1 N–H and O–H groups in total. The summed E-state index contributed by atoms with van der Waals surface area (Å²) >= 11 is 0. The van der Waals surface area contributed by atoms with Crippen molar-refractivity contribution in [2.75, 3.05) is 0 Å². The lowest BCUT2D eigenvalue weighted by atomic mass is 10.0. The van der Waals surface area contributed by atoms with E-state index in [-0.39, 0.29) is 11.8 Å². The Balaban J connectivity index is 2.63. The molecule has 0 bridgehead atoms. The minimum Gasteiger partial charge on any atom is -0.406 e. The molecule has 0 aliphatic rings. The van der Waals surface area contributed by atoms with Crippen molar-refractivity contribution in [1.82, 2.24) is 5.32 Å². The largest absolute Gasteiger partial charge is 0.573 e. The zero-order chi connectivity index (χ0) is 15.2. The van der Waals surface area contributed by atoms with E-state index < -0.39 is 6.36 Å². The van der Waals surface area contributed by atoms with Crippen LogP contribution in [0.15, 0.2) is 24.3 Å². The Morgan fingerprint density at radius 2 is 1.75 bits per heavy atom. The van der Waals surface area contributed by atoms with Gasteiger partial charge in [0.05, 0.1) is 0 Å². The molecule has 0 spiro atoms. The van der Waals surface area contributed by atoms with Crippen LogP contribution >= 0.6 is 0 Å². The second kappa shape index (κ2) is 7.53. The third kappa shape index (κ3) is 5.82. The predicted molar refractivity (Wildman–Crippen MR) is 73.7 cm³/mol. The first-order valence-electron chi connectivity index (χ1n) is 6.97. The van der Waals surface area contributed by atoms with E-state index in [0.29, 0.717) is 6.04 Å². The van der Waals surface area contributed by atoms with Crippen molar-refractivity contribution >= 4 is 0 Å². The first kappa shape index (κ1) is 16.8. The number of benzene rings is 1. The highest BCUT2D eigenvalue weighted by atomic mass is 19.4. The first-order chi connectivity index (χ1) is 9.35. The molecule has 20 heavy (non-hydrogen) atoms. The number of ether oxygens (including phenoxy) is 1. The SMILES string of the molecule is CCCC(CC)NC(C)c1ccc(OC(F)(F)F)cc1. The minimum absolute atomic E-state index is 0.103. The summed E-state index contributed by atoms with van der Waals surface area (Å²) in [6.45, 7) is 6.27. The number of rotatable bonds is 7. The number of hydrogen-bond acceptors (Lipinski definition) is 2. The van der Waals surface area contributed by atoms with Gasteiger partial charge in [0.2, 0.25) is 0 Å². The van der Waals surface area contributed by atoms with Crippen LogP contribution in [0.25, 0.3) is 0 Å². The molecule has 2 atom stereocenters. The molecule has 2 nitrogen and oxygen atoms in total. The Labute approximate surface area is 118 Å². The van der Waals surface area contributed by atoms with Crippen LogP contribution in [0.5, 0.6) is 5.75 Å². The van der Waals surface area contributed by atoms with E-state index in [1.54, 1.807) is 12.1 Å². The van der Waals surface area contributed by atoms with E-state index in [9.17, 15) is 13.2 Å². The molecule has 0 saturated carbocycles. The summed E-state index contributed by atoms with van der Waals surface area (Å²) in [7, 11) is 0. The molecule has 2 unspecified atom stereocenters. The smallest absolute Gasteiger partial charge is 0.406 e. The van der Waals surface area contributed by atoms with E-state index in [2.05, 4.69) is 23.9 Å². The molecule has 0 aliphatic heterocycles. The lowest BCUT2D eigenvalue weighted by molar-refractivity contribution is -0.274. The molecule has 0 radical (unpaired) electrons. The molecule has 114 valence electrons. The first-order valence-corrected chi connectivity index (χ1v) is 6.97. The Morgan fingerprint density at radius 1 is 1.15 bits per heavy atom. The van der Waals surface area contributed by atoms with Crippen molar-refractivity contribution in [2.45, 2.75) is 58.5 Å². The predicted octanol–water partition coefficient (Wildman–Crippen LogP) is 4.81. The lowest BCUT2D eigenvalue weighted by Gasteiger charge is -2.22. The van der Waals surface area contributed by atoms with Gasteiger partial charge in [-0.15, -0.1) is 13.2 Å². The highest BCUT2D eigenvalue weighted by Crippen LogP contribution is 2.24. The Kier molecular flexibility index (Phi) is 6.33. The van der Waals surface area contributed by atoms with Gasteiger partial charge in [-0.2, -0.15) is 0 Å². The van der Waals surface area contributed by atoms with E-state index in [0.717, 1.165) is 24.8 Å². The summed E-state index contributed by atoms with van der Waals surface area (Å²) in [5, 5.41) is 3.49. The van der Waals surface area contributed by atoms with Crippen molar-refractivity contribution in [3.63, 3.8) is 0 Å². The van der Waals surface area contributed by atoms with Crippen LogP contribution in [-0.4, -0.2) is 12.4 Å². The zero-order valence-corrected chi connectivity index (χ0v) is 12.1. The maximum absolute atomic E-state index is 12.1. The van der Waals surface area contributed by atoms with Gasteiger partial charge < -0.3 is 10.1 Å². The summed E-state index contributed by atoms with van der Waals surface area (Å²) in [4.78, 5) is 0. The monoisotopic (exact) mass is 289 g/mol. The molecule has 1 aromatic rings. The number of alkyl halides is 3. The van der Waals surface area contributed by atoms with E-state index in [1.807, 2.05) is 6.92 Å². The summed E-state index contributed by atoms with van der Waals surface area (Å²) in [5.41, 5.74) is 0.953. The average Bonchev–Trinajstić information content (AvgIpc) is 2.37. The third-order valence-electron chi connectivity index (χ3n) is 3.23. The Hall–Kier alpha value is -1.23. The highest BCUT2D eigenvalue weighted by Gasteiger charge is 2.31. The number of hydrogen-bond donors (Lipinski definition) is 1. The van der Waals surface area contributed by atoms with Crippen LogP contribution in [0.3, 0.4) is 0 Å². The van der Waals surface area contributed by atoms with Gasteiger partial charge in [0.1, 0.15) is 5.75 Å². The van der Waals surface area contributed by atoms with Gasteiger partial charge >= 0.3 is 6.36 Å². The standard InChI is InChI=1S/C15H22F3NO/c1-4-6-13(5-2)19-11(3)12-7-9-14(10-8-12)20-15(16,17)18/h7-11,13,19H,4-6H2,1-3H3. The molecule has 0 aliphatic carbocycles. The van der Waals surface area contributed by atoms with Gasteiger partial charge in [-0.3, -0.25) is 0 Å². The van der Waals surface area contributed by atoms with E-state index >= 15 is 0 Å². The second-order valence-corrected chi connectivity index (χ2v) is 4.90. The van der Waals surface area contributed by atoms with Crippen LogP contribution in [-0.2, 0) is 0 Å². The summed E-state index contributed by atoms with van der Waals surface area (Å²) < 4.78 is 40.1. The van der Waals surface area contributed by atoms with Crippen molar-refractivity contribution < 1.29 is 17.9 Å². The molecule has 0 saturated heterocycles. The molecule has 0 amide bonds. The lowest BCUT2D eigenvalue weighted by Crippen LogP contribution is -2.30.